The zero-order valence-corrected chi connectivity index (χ0v) is 16.1. The quantitative estimate of drug-likeness (QED) is 0.560. The van der Waals surface area contributed by atoms with E-state index < -0.39 is 23.4 Å². The summed E-state index contributed by atoms with van der Waals surface area (Å²) in [6.45, 7) is 3.91. The molecule has 3 unspecified atom stereocenters. The number of hydrogen-bond donors (Lipinski definition) is 0. The van der Waals surface area contributed by atoms with Crippen molar-refractivity contribution in [2.24, 2.45) is 11.8 Å². The van der Waals surface area contributed by atoms with Crippen molar-refractivity contribution in [3.63, 3.8) is 0 Å². The third-order valence-corrected chi connectivity index (χ3v) is 4.90. The molecule has 1 fully saturated rings. The highest BCUT2D eigenvalue weighted by atomic mass is 35.5. The van der Waals surface area contributed by atoms with Crippen molar-refractivity contribution >= 4 is 35.0 Å². The lowest BCUT2D eigenvalue weighted by Crippen LogP contribution is -2.46. The summed E-state index contributed by atoms with van der Waals surface area (Å²) in [5.74, 6) is -2.19. The normalized spacial score (nSPS) is 26.2. The first-order valence-electron chi connectivity index (χ1n) is 8.17. The van der Waals surface area contributed by atoms with Crippen LogP contribution in [0.15, 0.2) is 34.8 Å². The van der Waals surface area contributed by atoms with Gasteiger partial charge in [0.15, 0.2) is 5.78 Å². The van der Waals surface area contributed by atoms with Crippen LogP contribution in [0.4, 0.5) is 0 Å². The van der Waals surface area contributed by atoms with Crippen molar-refractivity contribution in [1.82, 2.24) is 0 Å². The van der Waals surface area contributed by atoms with E-state index >= 15 is 0 Å². The van der Waals surface area contributed by atoms with Crippen LogP contribution in [0, 0.1) is 18.8 Å². The minimum atomic E-state index is -0.916. The molecule has 0 saturated heterocycles. The molecule has 6 heteroatoms. The monoisotopic (exact) mass is 384 g/mol. The average Bonchev–Trinajstić information content (AvgIpc) is 2.54. The Kier molecular flexibility index (Phi) is 6.66. The van der Waals surface area contributed by atoms with E-state index in [1.807, 2.05) is 31.2 Å². The summed E-state index contributed by atoms with van der Waals surface area (Å²) in [6.07, 6.45) is 2.04. The second-order valence-corrected chi connectivity index (χ2v) is 7.27. The number of aryl methyl sites for hydroxylation is 1. The minimum Gasteiger partial charge on any atom is -0.465 e. The van der Waals surface area contributed by atoms with Gasteiger partial charge < -0.3 is 9.47 Å². The smallest absolute Gasteiger partial charge is 0.317 e. The van der Waals surface area contributed by atoms with E-state index in [-0.39, 0.29) is 23.3 Å². The molecule has 1 aliphatic rings. The molecule has 25 heavy (non-hydrogen) atoms. The highest BCUT2D eigenvalue weighted by molar-refractivity contribution is 6.55. The number of carbonyl (C=O) groups excluding carboxylic acids is 2. The standard InChI is InChI=1S/C19H22Cl2O4/c1-4-25-18(23)17-13(9-16(20)21)10-19(24-3,11-15(17)22)14-7-5-12(2)6-8-14/h5-9,13,17H,4,10-11H2,1-3H3. The maximum absolute atomic E-state index is 12.8. The Hall–Kier alpha value is -1.36. The minimum absolute atomic E-state index is 0.0166. The number of methoxy groups -OCH3 is 1. The molecule has 0 aromatic heterocycles. The molecule has 0 heterocycles. The lowest BCUT2D eigenvalue weighted by molar-refractivity contribution is -0.161. The SMILES string of the molecule is CCOC(=O)C1C(=O)CC(OC)(c2ccc(C)cc2)CC1C=C(Cl)Cl. The Morgan fingerprint density at radius 1 is 1.32 bits per heavy atom. The summed E-state index contributed by atoms with van der Waals surface area (Å²) < 4.78 is 10.9. The molecular formula is C19H22Cl2O4. The van der Waals surface area contributed by atoms with Crippen molar-refractivity contribution in [3.8, 4) is 0 Å². The van der Waals surface area contributed by atoms with E-state index in [1.54, 1.807) is 14.0 Å². The van der Waals surface area contributed by atoms with Gasteiger partial charge in [-0.1, -0.05) is 53.0 Å². The van der Waals surface area contributed by atoms with Crippen molar-refractivity contribution in [1.29, 1.82) is 0 Å². The molecule has 4 nitrogen and oxygen atoms in total. The number of esters is 1. The number of benzene rings is 1. The summed E-state index contributed by atoms with van der Waals surface area (Å²) >= 11 is 11.7. The third-order valence-electron chi connectivity index (χ3n) is 4.65. The van der Waals surface area contributed by atoms with Gasteiger partial charge in [-0.3, -0.25) is 9.59 Å². The molecule has 0 aliphatic heterocycles. The number of Topliss-reactive ketones (excluding diaryl/α,β-unsaturated/α-hetero) is 1. The number of carbonyl (C=O) groups is 2. The summed E-state index contributed by atoms with van der Waals surface area (Å²) in [5.41, 5.74) is 1.18. The number of ether oxygens (including phenoxy) is 2. The second-order valence-electron chi connectivity index (χ2n) is 6.26. The molecule has 0 bridgehead atoms. The maximum atomic E-state index is 12.8. The fourth-order valence-corrected chi connectivity index (χ4v) is 3.73. The summed E-state index contributed by atoms with van der Waals surface area (Å²) in [7, 11) is 1.57. The van der Waals surface area contributed by atoms with Gasteiger partial charge in [0, 0.05) is 19.4 Å². The van der Waals surface area contributed by atoms with Gasteiger partial charge in [0.1, 0.15) is 16.0 Å². The van der Waals surface area contributed by atoms with E-state index in [0.717, 1.165) is 11.1 Å². The lowest BCUT2D eigenvalue weighted by Gasteiger charge is -2.41. The number of ketones is 1. The highest BCUT2D eigenvalue weighted by Crippen LogP contribution is 2.45. The molecule has 1 aliphatic carbocycles. The van der Waals surface area contributed by atoms with Crippen molar-refractivity contribution in [2.45, 2.75) is 32.3 Å². The molecular weight excluding hydrogens is 363 g/mol. The van der Waals surface area contributed by atoms with Crippen LogP contribution in [0.3, 0.4) is 0 Å². The first-order valence-corrected chi connectivity index (χ1v) is 8.93. The zero-order chi connectivity index (χ0) is 18.6. The zero-order valence-electron chi connectivity index (χ0n) is 14.6. The van der Waals surface area contributed by atoms with Gasteiger partial charge in [0.25, 0.3) is 0 Å². The molecule has 1 aromatic rings. The Morgan fingerprint density at radius 3 is 2.48 bits per heavy atom. The van der Waals surface area contributed by atoms with Gasteiger partial charge in [0.2, 0.25) is 0 Å². The van der Waals surface area contributed by atoms with Gasteiger partial charge in [-0.25, -0.2) is 0 Å². The first-order chi connectivity index (χ1) is 11.8. The fourth-order valence-electron chi connectivity index (χ4n) is 3.41. The van der Waals surface area contributed by atoms with Gasteiger partial charge in [0.05, 0.1) is 6.61 Å². The number of rotatable bonds is 5. The lowest BCUT2D eigenvalue weighted by atomic mass is 9.68. The predicted octanol–water partition coefficient (Wildman–Crippen LogP) is 4.31. The van der Waals surface area contributed by atoms with Crippen LogP contribution in [-0.2, 0) is 24.7 Å². The molecule has 1 saturated carbocycles. The van der Waals surface area contributed by atoms with Crippen LogP contribution in [0.2, 0.25) is 0 Å². The summed E-state index contributed by atoms with van der Waals surface area (Å²) in [5, 5.41) is 0. The molecule has 0 N–H and O–H groups in total. The summed E-state index contributed by atoms with van der Waals surface area (Å²) in [6, 6.07) is 7.83. The molecule has 3 atom stereocenters. The van der Waals surface area contributed by atoms with Gasteiger partial charge in [-0.2, -0.15) is 0 Å². The molecule has 0 spiro atoms. The Labute approximate surface area is 158 Å². The molecule has 0 radical (unpaired) electrons. The average molecular weight is 385 g/mol. The van der Waals surface area contributed by atoms with E-state index in [9.17, 15) is 9.59 Å². The maximum Gasteiger partial charge on any atom is 0.317 e. The van der Waals surface area contributed by atoms with Gasteiger partial charge >= 0.3 is 5.97 Å². The Balaban J connectivity index is 2.44. The van der Waals surface area contributed by atoms with Crippen molar-refractivity contribution in [2.75, 3.05) is 13.7 Å². The van der Waals surface area contributed by atoms with Crippen LogP contribution in [-0.4, -0.2) is 25.5 Å². The molecule has 1 aromatic carbocycles. The van der Waals surface area contributed by atoms with E-state index in [2.05, 4.69) is 0 Å². The number of allylic oxidation sites excluding steroid dienone is 1. The van der Waals surface area contributed by atoms with Crippen LogP contribution in [0.5, 0.6) is 0 Å². The predicted molar refractivity (Wildman–Crippen MR) is 97.5 cm³/mol. The van der Waals surface area contributed by atoms with Crippen LogP contribution in [0.1, 0.15) is 30.9 Å². The van der Waals surface area contributed by atoms with E-state index in [1.165, 1.54) is 6.08 Å². The number of hydrogen-bond acceptors (Lipinski definition) is 4. The third kappa shape index (κ3) is 4.43. The highest BCUT2D eigenvalue weighted by Gasteiger charge is 2.49. The Morgan fingerprint density at radius 2 is 1.96 bits per heavy atom. The number of halogens is 2. The topological polar surface area (TPSA) is 52.6 Å². The Bertz CT molecular complexity index is 665. The molecule has 2 rings (SSSR count). The molecule has 0 amide bonds. The van der Waals surface area contributed by atoms with Crippen molar-refractivity contribution < 1.29 is 19.1 Å². The van der Waals surface area contributed by atoms with Gasteiger partial charge in [-0.15, -0.1) is 0 Å². The fraction of sp³-hybridized carbons (Fsp3) is 0.474. The van der Waals surface area contributed by atoms with Gasteiger partial charge in [-0.05, 0) is 31.9 Å². The van der Waals surface area contributed by atoms with Crippen LogP contribution >= 0.6 is 23.2 Å². The largest absolute Gasteiger partial charge is 0.465 e. The second kappa shape index (κ2) is 8.35. The van der Waals surface area contributed by atoms with Crippen LogP contribution < -0.4 is 0 Å². The van der Waals surface area contributed by atoms with Crippen LogP contribution in [0.25, 0.3) is 0 Å². The first kappa shape index (κ1) is 20.0. The van der Waals surface area contributed by atoms with E-state index in [0.29, 0.717) is 6.42 Å². The van der Waals surface area contributed by atoms with E-state index in [4.69, 9.17) is 32.7 Å². The summed E-state index contributed by atoms with van der Waals surface area (Å²) in [4.78, 5) is 25.1. The molecule has 136 valence electrons. The van der Waals surface area contributed by atoms with Crippen molar-refractivity contribution in [3.05, 3.63) is 46.0 Å².